The third kappa shape index (κ3) is 4.30. The topological polar surface area (TPSA) is 131 Å². The maximum Gasteiger partial charge on any atom is 0.338 e. The van der Waals surface area contributed by atoms with Gasteiger partial charge in [0, 0.05) is 6.42 Å². The van der Waals surface area contributed by atoms with Crippen molar-refractivity contribution in [2.24, 2.45) is 0 Å². The number of nitrogen functional groups attached to an aromatic ring is 1. The van der Waals surface area contributed by atoms with Gasteiger partial charge >= 0.3 is 11.9 Å². The van der Waals surface area contributed by atoms with Crippen LogP contribution < -0.4 is 5.73 Å². The van der Waals surface area contributed by atoms with Crippen molar-refractivity contribution < 1.29 is 23.8 Å². The van der Waals surface area contributed by atoms with Crippen molar-refractivity contribution >= 4 is 28.9 Å². The number of rotatable bonds is 6. The number of anilines is 1. The number of esters is 2. The number of hydrogen-bond acceptors (Lipinski definition) is 9. The molecule has 2 aromatic carbocycles. The van der Waals surface area contributed by atoms with E-state index in [4.69, 9.17) is 19.9 Å². The minimum Gasteiger partial charge on any atom is -0.459 e. The van der Waals surface area contributed by atoms with E-state index in [0.29, 0.717) is 28.7 Å². The quantitative estimate of drug-likeness (QED) is 0.432. The average molecular weight is 459 g/mol. The Morgan fingerprint density at radius 3 is 2.35 bits per heavy atom. The number of hydrogen-bond donors (Lipinski definition) is 1. The third-order valence-electron chi connectivity index (χ3n) is 5.53. The van der Waals surface area contributed by atoms with E-state index in [1.54, 1.807) is 59.4 Å². The van der Waals surface area contributed by atoms with E-state index in [1.807, 2.05) is 12.1 Å². The highest BCUT2D eigenvalue weighted by atomic mass is 16.6. The number of benzene rings is 2. The second-order valence-electron chi connectivity index (χ2n) is 7.72. The van der Waals surface area contributed by atoms with Gasteiger partial charge in [-0.05, 0) is 24.3 Å². The highest BCUT2D eigenvalue weighted by Gasteiger charge is 2.40. The van der Waals surface area contributed by atoms with Crippen molar-refractivity contribution in [3.63, 3.8) is 0 Å². The molecule has 10 nitrogen and oxygen atoms in total. The summed E-state index contributed by atoms with van der Waals surface area (Å²) >= 11 is 0. The van der Waals surface area contributed by atoms with E-state index in [9.17, 15) is 9.59 Å². The summed E-state index contributed by atoms with van der Waals surface area (Å²) in [4.78, 5) is 37.6. The highest BCUT2D eigenvalue weighted by molar-refractivity contribution is 5.90. The molecule has 1 aliphatic rings. The molecule has 0 aliphatic carbocycles. The molecular weight excluding hydrogens is 438 g/mol. The van der Waals surface area contributed by atoms with E-state index >= 15 is 0 Å². The molecule has 1 aliphatic heterocycles. The fraction of sp³-hybridized carbons (Fsp3) is 0.208. The lowest BCUT2D eigenvalue weighted by Crippen LogP contribution is -2.32. The molecule has 4 aromatic rings. The molecular formula is C24H21N5O5. The number of fused-ring (bicyclic) bond motifs is 1. The zero-order chi connectivity index (χ0) is 23.5. The Morgan fingerprint density at radius 1 is 0.971 bits per heavy atom. The molecule has 0 saturated carbocycles. The summed E-state index contributed by atoms with van der Waals surface area (Å²) in [5, 5.41) is 0. The van der Waals surface area contributed by atoms with E-state index in [1.165, 1.54) is 6.33 Å². The van der Waals surface area contributed by atoms with Gasteiger partial charge < -0.3 is 19.9 Å². The number of nitrogens with two attached hydrogens (primary N) is 1. The summed E-state index contributed by atoms with van der Waals surface area (Å²) < 4.78 is 19.1. The van der Waals surface area contributed by atoms with Crippen LogP contribution in [-0.2, 0) is 14.2 Å². The number of nitrogens with zero attached hydrogens (tertiary/aromatic N) is 4. The molecule has 5 rings (SSSR count). The van der Waals surface area contributed by atoms with Crippen LogP contribution in [0, 0.1) is 0 Å². The first kappa shape index (κ1) is 21.5. The van der Waals surface area contributed by atoms with Crippen LogP contribution in [0.4, 0.5) is 5.82 Å². The van der Waals surface area contributed by atoms with E-state index in [-0.39, 0.29) is 12.4 Å². The molecule has 1 saturated heterocycles. The van der Waals surface area contributed by atoms with Gasteiger partial charge in [0.25, 0.3) is 0 Å². The van der Waals surface area contributed by atoms with Crippen LogP contribution in [0.2, 0.25) is 0 Å². The molecule has 2 aromatic heterocycles. The Bertz CT molecular complexity index is 1310. The van der Waals surface area contributed by atoms with Crippen LogP contribution in [0.15, 0.2) is 73.3 Å². The number of ether oxygens (including phenoxy) is 3. The lowest BCUT2D eigenvalue weighted by Gasteiger charge is -2.19. The maximum atomic E-state index is 12.7. The predicted octanol–water partition coefficient (Wildman–Crippen LogP) is 2.78. The molecule has 10 heteroatoms. The van der Waals surface area contributed by atoms with Crippen molar-refractivity contribution in [3.05, 3.63) is 84.4 Å². The molecule has 0 spiro atoms. The summed E-state index contributed by atoms with van der Waals surface area (Å²) in [5.74, 6) is -0.729. The molecule has 0 amide bonds. The van der Waals surface area contributed by atoms with Crippen LogP contribution in [-0.4, -0.2) is 50.3 Å². The van der Waals surface area contributed by atoms with Crippen LogP contribution in [0.3, 0.4) is 0 Å². The summed E-state index contributed by atoms with van der Waals surface area (Å²) in [6, 6.07) is 17.3. The molecule has 1 fully saturated rings. The van der Waals surface area contributed by atoms with Gasteiger partial charge in [0.05, 0.1) is 17.5 Å². The fourth-order valence-corrected chi connectivity index (χ4v) is 3.82. The molecule has 0 bridgehead atoms. The summed E-state index contributed by atoms with van der Waals surface area (Å²) in [5.41, 5.74) is 7.67. The molecule has 34 heavy (non-hydrogen) atoms. The smallest absolute Gasteiger partial charge is 0.338 e. The molecule has 0 radical (unpaired) electrons. The lowest BCUT2D eigenvalue weighted by atomic mass is 10.1. The van der Waals surface area contributed by atoms with Gasteiger partial charge in [0.1, 0.15) is 36.9 Å². The largest absolute Gasteiger partial charge is 0.459 e. The first-order valence-corrected chi connectivity index (χ1v) is 10.7. The van der Waals surface area contributed by atoms with Crippen molar-refractivity contribution in [3.8, 4) is 0 Å². The Morgan fingerprint density at radius 2 is 1.65 bits per heavy atom. The second kappa shape index (κ2) is 9.28. The van der Waals surface area contributed by atoms with Crippen molar-refractivity contribution in [2.45, 2.75) is 24.9 Å². The monoisotopic (exact) mass is 459 g/mol. The fourth-order valence-electron chi connectivity index (χ4n) is 3.82. The van der Waals surface area contributed by atoms with E-state index in [0.717, 1.165) is 0 Å². The molecule has 3 unspecified atom stereocenters. The molecule has 3 atom stereocenters. The standard InChI is InChI=1S/C24H21N5O5/c25-21-20-22(27-13-26-21)29(14-28-20)19-11-17(34-24(31)16-9-5-2-6-10-16)18(33-19)12-32-23(30)15-7-3-1-4-8-15/h1-10,13-14,17-19H,11-12H2,(H2,25,26,27). The number of imidazole rings is 1. The zero-order valence-electron chi connectivity index (χ0n) is 18.0. The second-order valence-corrected chi connectivity index (χ2v) is 7.72. The number of carbonyl (C=O) groups is 2. The number of carbonyl (C=O) groups excluding carboxylic acids is 2. The Balaban J connectivity index is 1.36. The van der Waals surface area contributed by atoms with Gasteiger partial charge in [0.15, 0.2) is 11.5 Å². The molecule has 172 valence electrons. The van der Waals surface area contributed by atoms with Crippen LogP contribution >= 0.6 is 0 Å². The maximum absolute atomic E-state index is 12.7. The van der Waals surface area contributed by atoms with Crippen molar-refractivity contribution in [2.75, 3.05) is 12.3 Å². The highest BCUT2D eigenvalue weighted by Crippen LogP contribution is 2.34. The minimum atomic E-state index is -0.693. The Hall–Kier alpha value is -4.31. The van der Waals surface area contributed by atoms with Gasteiger partial charge in [-0.2, -0.15) is 0 Å². The van der Waals surface area contributed by atoms with Crippen LogP contribution in [0.5, 0.6) is 0 Å². The molecule has 3 heterocycles. The first-order chi connectivity index (χ1) is 16.6. The number of aromatic nitrogens is 4. The van der Waals surface area contributed by atoms with E-state index < -0.39 is 30.4 Å². The van der Waals surface area contributed by atoms with Gasteiger partial charge in [-0.15, -0.1) is 0 Å². The van der Waals surface area contributed by atoms with E-state index in [2.05, 4.69) is 15.0 Å². The zero-order valence-corrected chi connectivity index (χ0v) is 18.0. The van der Waals surface area contributed by atoms with Gasteiger partial charge in [0.2, 0.25) is 0 Å². The SMILES string of the molecule is Nc1ncnc2c1ncn2C1CC(OC(=O)c2ccccc2)C(COC(=O)c2ccccc2)O1. The average Bonchev–Trinajstić information content (AvgIpc) is 3.48. The third-order valence-corrected chi connectivity index (χ3v) is 5.53. The van der Waals surface area contributed by atoms with Crippen LogP contribution in [0.25, 0.3) is 11.2 Å². The van der Waals surface area contributed by atoms with Crippen LogP contribution in [0.1, 0.15) is 33.4 Å². The lowest BCUT2D eigenvalue weighted by molar-refractivity contribution is -0.0563. The van der Waals surface area contributed by atoms with Crippen molar-refractivity contribution in [1.29, 1.82) is 0 Å². The molecule has 2 N–H and O–H groups in total. The van der Waals surface area contributed by atoms with Crippen molar-refractivity contribution in [1.82, 2.24) is 19.5 Å². The normalized spacial score (nSPS) is 19.7. The van der Waals surface area contributed by atoms with Gasteiger partial charge in [-0.25, -0.2) is 24.5 Å². The predicted molar refractivity (Wildman–Crippen MR) is 121 cm³/mol. The van der Waals surface area contributed by atoms with Gasteiger partial charge in [-0.1, -0.05) is 36.4 Å². The Kier molecular flexibility index (Phi) is 5.88. The summed E-state index contributed by atoms with van der Waals surface area (Å²) in [7, 11) is 0. The summed E-state index contributed by atoms with van der Waals surface area (Å²) in [6.07, 6.45) is 1.28. The minimum absolute atomic E-state index is 0.0965. The summed E-state index contributed by atoms with van der Waals surface area (Å²) in [6.45, 7) is -0.0965. The van der Waals surface area contributed by atoms with Gasteiger partial charge in [-0.3, -0.25) is 4.57 Å². The Labute approximate surface area is 194 Å². The first-order valence-electron chi connectivity index (χ1n) is 10.7.